The summed E-state index contributed by atoms with van der Waals surface area (Å²) in [5.74, 6) is -0.206. The maximum Gasteiger partial charge on any atom is 0.407 e. The largest absolute Gasteiger partial charge is 0.453 e. The van der Waals surface area contributed by atoms with E-state index in [1.54, 1.807) is 13.1 Å². The Morgan fingerprint density at radius 1 is 1.50 bits per heavy atom. The van der Waals surface area contributed by atoms with Crippen molar-refractivity contribution in [3.8, 4) is 0 Å². The molecule has 1 fully saturated rings. The van der Waals surface area contributed by atoms with Crippen LogP contribution in [-0.4, -0.2) is 41.5 Å². The summed E-state index contributed by atoms with van der Waals surface area (Å²) in [6.45, 7) is 3.03. The molecule has 0 bridgehead atoms. The van der Waals surface area contributed by atoms with Gasteiger partial charge in [-0.15, -0.1) is 0 Å². The zero-order chi connectivity index (χ0) is 14.6. The molecule has 1 aromatic rings. The molecule has 110 valence electrons. The molecule has 2 amide bonds. The van der Waals surface area contributed by atoms with Crippen molar-refractivity contribution in [3.63, 3.8) is 0 Å². The lowest BCUT2D eigenvalue weighted by atomic mass is 10.1. The lowest BCUT2D eigenvalue weighted by Crippen LogP contribution is -2.46. The maximum absolute atomic E-state index is 11.9. The summed E-state index contributed by atoms with van der Waals surface area (Å²) in [7, 11) is 1.27. The molecule has 1 atom stereocenters. The lowest BCUT2D eigenvalue weighted by molar-refractivity contribution is -0.122. The number of carbonyl (C=O) groups is 2. The second-order valence-corrected chi connectivity index (χ2v) is 5.28. The van der Waals surface area contributed by atoms with Gasteiger partial charge in [-0.1, -0.05) is 0 Å². The zero-order valence-corrected chi connectivity index (χ0v) is 11.8. The van der Waals surface area contributed by atoms with Crippen LogP contribution in [0.1, 0.15) is 19.8 Å². The summed E-state index contributed by atoms with van der Waals surface area (Å²) in [6, 6.07) is 1.28. The van der Waals surface area contributed by atoms with Gasteiger partial charge in [0, 0.05) is 30.9 Å². The Hall–Kier alpha value is -2.05. The SMILES string of the molecule is COC(=O)NC(C)C(=O)NCC1(Cn2cccn2)CC1. The summed E-state index contributed by atoms with van der Waals surface area (Å²) in [5.41, 5.74) is 0.104. The Bertz CT molecular complexity index is 468. The van der Waals surface area contributed by atoms with Crippen LogP contribution in [0, 0.1) is 5.41 Å². The fraction of sp³-hybridized carbons (Fsp3) is 0.615. The number of methoxy groups -OCH3 is 1. The Labute approximate surface area is 117 Å². The van der Waals surface area contributed by atoms with Crippen LogP contribution in [0.25, 0.3) is 0 Å². The number of rotatable bonds is 6. The number of alkyl carbamates (subject to hydrolysis) is 1. The summed E-state index contributed by atoms with van der Waals surface area (Å²) in [4.78, 5) is 22.9. The van der Waals surface area contributed by atoms with E-state index >= 15 is 0 Å². The first-order valence-electron chi connectivity index (χ1n) is 6.64. The highest BCUT2D eigenvalue weighted by Crippen LogP contribution is 2.46. The molecule has 1 aliphatic rings. The van der Waals surface area contributed by atoms with Gasteiger partial charge in [-0.3, -0.25) is 9.48 Å². The summed E-state index contributed by atoms with van der Waals surface area (Å²) < 4.78 is 6.34. The minimum absolute atomic E-state index is 0.104. The van der Waals surface area contributed by atoms with E-state index in [9.17, 15) is 9.59 Å². The smallest absolute Gasteiger partial charge is 0.407 e. The molecule has 1 heterocycles. The number of hydrogen-bond donors (Lipinski definition) is 2. The molecule has 7 nitrogen and oxygen atoms in total. The Morgan fingerprint density at radius 2 is 2.25 bits per heavy atom. The van der Waals surface area contributed by atoms with E-state index in [2.05, 4.69) is 20.5 Å². The van der Waals surface area contributed by atoms with Crippen molar-refractivity contribution in [2.24, 2.45) is 5.41 Å². The molecule has 0 aliphatic heterocycles. The predicted octanol–water partition coefficient (Wildman–Crippen LogP) is 0.524. The monoisotopic (exact) mass is 280 g/mol. The fourth-order valence-corrected chi connectivity index (χ4v) is 2.03. The van der Waals surface area contributed by atoms with Crippen molar-refractivity contribution < 1.29 is 14.3 Å². The van der Waals surface area contributed by atoms with E-state index in [0.717, 1.165) is 19.4 Å². The van der Waals surface area contributed by atoms with E-state index in [4.69, 9.17) is 0 Å². The third kappa shape index (κ3) is 3.72. The number of nitrogens with zero attached hydrogens (tertiary/aromatic N) is 2. The van der Waals surface area contributed by atoms with Crippen LogP contribution in [0.5, 0.6) is 0 Å². The van der Waals surface area contributed by atoms with Gasteiger partial charge in [0.2, 0.25) is 5.91 Å². The molecular formula is C13H20N4O3. The molecule has 7 heteroatoms. The van der Waals surface area contributed by atoms with Crippen LogP contribution in [0.3, 0.4) is 0 Å². The first-order valence-corrected chi connectivity index (χ1v) is 6.64. The normalized spacial score (nSPS) is 17.1. The Balaban J connectivity index is 1.77. The molecule has 1 saturated carbocycles. The van der Waals surface area contributed by atoms with Gasteiger partial charge < -0.3 is 15.4 Å². The fourth-order valence-electron chi connectivity index (χ4n) is 2.03. The van der Waals surface area contributed by atoms with Crippen molar-refractivity contribution >= 4 is 12.0 Å². The summed E-state index contributed by atoms with van der Waals surface area (Å²) >= 11 is 0. The van der Waals surface area contributed by atoms with Crippen molar-refractivity contribution in [2.45, 2.75) is 32.4 Å². The Kier molecular flexibility index (Phi) is 4.26. The molecule has 2 N–H and O–H groups in total. The molecule has 1 unspecified atom stereocenters. The molecule has 0 spiro atoms. The van der Waals surface area contributed by atoms with Gasteiger partial charge in [0.25, 0.3) is 0 Å². The van der Waals surface area contributed by atoms with Gasteiger partial charge >= 0.3 is 6.09 Å². The average Bonchev–Trinajstić information content (AvgIpc) is 3.00. The third-order valence-electron chi connectivity index (χ3n) is 3.56. The topological polar surface area (TPSA) is 85.2 Å². The molecule has 1 aromatic heterocycles. The van der Waals surface area contributed by atoms with Gasteiger partial charge in [-0.2, -0.15) is 5.10 Å². The van der Waals surface area contributed by atoms with E-state index in [1.807, 2.05) is 16.9 Å². The predicted molar refractivity (Wildman–Crippen MR) is 71.9 cm³/mol. The molecule has 1 aliphatic carbocycles. The van der Waals surface area contributed by atoms with Gasteiger partial charge in [-0.05, 0) is 25.8 Å². The quantitative estimate of drug-likeness (QED) is 0.795. The maximum atomic E-state index is 11.9. The highest BCUT2D eigenvalue weighted by atomic mass is 16.5. The van der Waals surface area contributed by atoms with Crippen molar-refractivity contribution in [3.05, 3.63) is 18.5 Å². The van der Waals surface area contributed by atoms with Crippen LogP contribution in [0.4, 0.5) is 4.79 Å². The third-order valence-corrected chi connectivity index (χ3v) is 3.56. The van der Waals surface area contributed by atoms with Gasteiger partial charge in [0.15, 0.2) is 0 Å². The highest BCUT2D eigenvalue weighted by molar-refractivity contribution is 5.85. The number of ether oxygens (including phenoxy) is 1. The minimum Gasteiger partial charge on any atom is -0.453 e. The van der Waals surface area contributed by atoms with Crippen LogP contribution in [0.15, 0.2) is 18.5 Å². The number of aromatic nitrogens is 2. The number of nitrogens with one attached hydrogen (secondary N) is 2. The van der Waals surface area contributed by atoms with Gasteiger partial charge in [-0.25, -0.2) is 4.79 Å². The van der Waals surface area contributed by atoms with Crippen LogP contribution in [-0.2, 0) is 16.1 Å². The second kappa shape index (κ2) is 5.94. The van der Waals surface area contributed by atoms with Crippen molar-refractivity contribution in [1.29, 1.82) is 0 Å². The summed E-state index contributed by atoms with van der Waals surface area (Å²) in [5, 5.41) is 9.50. The van der Waals surface area contributed by atoms with Crippen LogP contribution >= 0.6 is 0 Å². The van der Waals surface area contributed by atoms with Crippen LogP contribution < -0.4 is 10.6 Å². The van der Waals surface area contributed by atoms with E-state index in [-0.39, 0.29) is 11.3 Å². The van der Waals surface area contributed by atoms with Gasteiger partial charge in [0.05, 0.1) is 7.11 Å². The first-order chi connectivity index (χ1) is 9.54. The molecule has 0 aromatic carbocycles. The van der Waals surface area contributed by atoms with Crippen LogP contribution in [0.2, 0.25) is 0 Å². The number of hydrogen-bond acceptors (Lipinski definition) is 4. The number of amides is 2. The zero-order valence-electron chi connectivity index (χ0n) is 11.8. The molecule has 20 heavy (non-hydrogen) atoms. The van der Waals surface area contributed by atoms with Gasteiger partial charge in [0.1, 0.15) is 6.04 Å². The Morgan fingerprint density at radius 3 is 2.80 bits per heavy atom. The van der Waals surface area contributed by atoms with E-state index in [1.165, 1.54) is 7.11 Å². The van der Waals surface area contributed by atoms with Crippen molar-refractivity contribution in [2.75, 3.05) is 13.7 Å². The van der Waals surface area contributed by atoms with E-state index < -0.39 is 12.1 Å². The van der Waals surface area contributed by atoms with Crippen molar-refractivity contribution in [1.82, 2.24) is 20.4 Å². The molecule has 2 rings (SSSR count). The standard InChI is InChI=1S/C13H20N4O3/c1-10(16-12(19)20-2)11(18)14-8-13(4-5-13)9-17-7-3-6-15-17/h3,6-7,10H,4-5,8-9H2,1-2H3,(H,14,18)(H,16,19). The molecule has 0 saturated heterocycles. The minimum atomic E-state index is -0.608. The summed E-state index contributed by atoms with van der Waals surface area (Å²) in [6.07, 6.45) is 5.21. The van der Waals surface area contributed by atoms with E-state index in [0.29, 0.717) is 6.54 Å². The lowest BCUT2D eigenvalue weighted by Gasteiger charge is -2.18. The second-order valence-electron chi connectivity index (χ2n) is 5.28. The average molecular weight is 280 g/mol. The molecular weight excluding hydrogens is 260 g/mol. The number of carbonyl (C=O) groups excluding carboxylic acids is 2. The highest BCUT2D eigenvalue weighted by Gasteiger charge is 2.43. The first kappa shape index (κ1) is 14.4. The molecule has 0 radical (unpaired) electrons.